The van der Waals surface area contributed by atoms with E-state index in [1.54, 1.807) is 0 Å². The summed E-state index contributed by atoms with van der Waals surface area (Å²) >= 11 is 0. The third-order valence-electron chi connectivity index (χ3n) is 12.6. The molecule has 0 spiro atoms. The van der Waals surface area contributed by atoms with Gasteiger partial charge >= 0.3 is 6.18 Å². The average molecular weight is 603 g/mol. The van der Waals surface area contributed by atoms with Crippen LogP contribution in [0.5, 0.6) is 0 Å². The molecule has 8 heteroatoms. The zero-order valence-electron chi connectivity index (χ0n) is 27.0. The molecule has 4 rings (SSSR count). The SMILES string of the molecule is C[C@@H]1C(=O)C(C#N)=C[C@]2(C)C3=CC(=O)C4CCC(C)(C)CC[C@](C)(CCC(=O)NCC(F)(F)F)CC[C@@]4(C)[C@]3(C)CC[C@@H]12. The van der Waals surface area contributed by atoms with E-state index in [4.69, 9.17) is 0 Å². The zero-order chi connectivity index (χ0) is 32.2. The van der Waals surface area contributed by atoms with Crippen molar-refractivity contribution in [1.29, 1.82) is 5.26 Å². The van der Waals surface area contributed by atoms with Crippen molar-refractivity contribution in [3.8, 4) is 6.07 Å². The second-order valence-electron chi connectivity index (χ2n) is 15.9. The van der Waals surface area contributed by atoms with E-state index >= 15 is 0 Å². The quantitative estimate of drug-likeness (QED) is 0.353. The number of halogens is 3. The van der Waals surface area contributed by atoms with Crippen molar-refractivity contribution in [3.63, 3.8) is 0 Å². The number of fused-ring (bicyclic) bond motifs is 5. The highest BCUT2D eigenvalue weighted by molar-refractivity contribution is 6.02. The first-order chi connectivity index (χ1) is 19.7. The molecule has 43 heavy (non-hydrogen) atoms. The fraction of sp³-hybridized carbons (Fsp3) is 0.771. The number of amides is 1. The first-order valence-corrected chi connectivity index (χ1v) is 16.0. The maximum absolute atomic E-state index is 14.2. The first kappa shape index (κ1) is 33.5. The number of hydrogen-bond donors (Lipinski definition) is 1. The van der Waals surface area contributed by atoms with Crippen LogP contribution < -0.4 is 5.32 Å². The van der Waals surface area contributed by atoms with Crippen molar-refractivity contribution in [2.75, 3.05) is 6.54 Å². The van der Waals surface area contributed by atoms with Crippen LogP contribution in [0.4, 0.5) is 13.2 Å². The van der Waals surface area contributed by atoms with Crippen LogP contribution in [0.1, 0.15) is 113 Å². The van der Waals surface area contributed by atoms with E-state index in [0.717, 1.165) is 56.9 Å². The second-order valence-corrected chi connectivity index (χ2v) is 15.9. The summed E-state index contributed by atoms with van der Waals surface area (Å²) in [5, 5.41) is 11.8. The summed E-state index contributed by atoms with van der Waals surface area (Å²) in [7, 11) is 0. The molecule has 0 aromatic heterocycles. The van der Waals surface area contributed by atoms with Gasteiger partial charge in [0.1, 0.15) is 12.6 Å². The number of nitrogens with zero attached hydrogens (tertiary/aromatic N) is 1. The lowest BCUT2D eigenvalue weighted by Crippen LogP contribution is -2.58. The maximum Gasteiger partial charge on any atom is 0.405 e. The Hall–Kier alpha value is -2.43. The Bertz CT molecular complexity index is 1280. The summed E-state index contributed by atoms with van der Waals surface area (Å²) in [6.07, 6.45) is 6.38. The highest BCUT2D eigenvalue weighted by atomic mass is 19.4. The van der Waals surface area contributed by atoms with Gasteiger partial charge in [-0.25, -0.2) is 0 Å². The monoisotopic (exact) mass is 602 g/mol. The van der Waals surface area contributed by atoms with Crippen LogP contribution >= 0.6 is 0 Å². The van der Waals surface area contributed by atoms with Crippen LogP contribution in [-0.4, -0.2) is 30.2 Å². The number of hydrogen-bond acceptors (Lipinski definition) is 4. The number of alkyl halides is 3. The van der Waals surface area contributed by atoms with E-state index in [0.29, 0.717) is 6.42 Å². The number of carbonyl (C=O) groups excluding carboxylic acids is 3. The number of Topliss-reactive ketones (excluding diaryl/α,β-unsaturated/α-hetero) is 1. The third-order valence-corrected chi connectivity index (χ3v) is 12.6. The molecule has 0 aromatic rings. The fourth-order valence-electron chi connectivity index (χ4n) is 9.21. The maximum atomic E-state index is 14.2. The highest BCUT2D eigenvalue weighted by Gasteiger charge is 2.63. The molecule has 0 aromatic carbocycles. The summed E-state index contributed by atoms with van der Waals surface area (Å²) < 4.78 is 38.1. The van der Waals surface area contributed by atoms with Crippen LogP contribution in [0.2, 0.25) is 0 Å². The Morgan fingerprint density at radius 2 is 1.65 bits per heavy atom. The molecular formula is C35H49F3N2O3. The predicted molar refractivity (Wildman–Crippen MR) is 159 cm³/mol. The lowest BCUT2D eigenvalue weighted by molar-refractivity contribution is -0.139. The predicted octanol–water partition coefficient (Wildman–Crippen LogP) is 8.05. The molecule has 0 saturated heterocycles. The normalized spacial score (nSPS) is 39.7. The molecule has 1 amide bonds. The van der Waals surface area contributed by atoms with E-state index in [9.17, 15) is 32.8 Å². The van der Waals surface area contributed by atoms with Crippen LogP contribution in [0.15, 0.2) is 23.3 Å². The van der Waals surface area contributed by atoms with Gasteiger partial charge in [0.05, 0.1) is 5.57 Å². The Labute approximate surface area is 255 Å². The summed E-state index contributed by atoms with van der Waals surface area (Å²) in [6.45, 7) is 13.8. The standard InChI is InChI=1S/C35H49F3N2O3/c1-22-24-9-13-34(7)27(32(24,5)19-23(20-39)29(22)43)18-26(41)25-8-11-30(2,3)14-15-31(4,16-17-33(25,34)6)12-10-28(42)40-21-35(36,37)38/h18-19,22,24-25H,8-17,21H2,1-7H3,(H,40,42)/t22-,24-,25?,31-,32-,33+,34+/m0/s1. The molecule has 1 unspecified atom stereocenters. The molecule has 0 radical (unpaired) electrons. The lowest BCUT2D eigenvalue weighted by atomic mass is 9.39. The van der Waals surface area contributed by atoms with E-state index in [2.05, 4.69) is 47.6 Å². The van der Waals surface area contributed by atoms with Crippen molar-refractivity contribution >= 4 is 17.5 Å². The van der Waals surface area contributed by atoms with Crippen LogP contribution in [-0.2, 0) is 14.4 Å². The topological polar surface area (TPSA) is 87.0 Å². The van der Waals surface area contributed by atoms with Crippen molar-refractivity contribution in [2.24, 2.45) is 44.8 Å². The highest BCUT2D eigenvalue weighted by Crippen LogP contribution is 2.69. The number of allylic oxidation sites excluding steroid dienone is 4. The molecule has 2 fully saturated rings. The minimum absolute atomic E-state index is 0.0170. The average Bonchev–Trinajstić information content (AvgIpc) is 2.91. The number of rotatable bonds is 4. The van der Waals surface area contributed by atoms with Gasteiger partial charge in [-0.1, -0.05) is 60.1 Å². The summed E-state index contributed by atoms with van der Waals surface area (Å²) in [5.41, 5.74) is -0.417. The van der Waals surface area contributed by atoms with E-state index in [1.807, 2.05) is 24.4 Å². The molecule has 0 aliphatic heterocycles. The minimum atomic E-state index is -4.44. The second kappa shape index (κ2) is 11.2. The van der Waals surface area contributed by atoms with Crippen molar-refractivity contribution in [1.82, 2.24) is 5.32 Å². The van der Waals surface area contributed by atoms with Crippen molar-refractivity contribution in [3.05, 3.63) is 23.3 Å². The molecule has 4 aliphatic rings. The third kappa shape index (κ3) is 6.12. The first-order valence-electron chi connectivity index (χ1n) is 16.0. The van der Waals surface area contributed by atoms with Gasteiger partial charge in [0.25, 0.3) is 0 Å². The Morgan fingerprint density at radius 1 is 1.00 bits per heavy atom. The molecule has 1 N–H and O–H groups in total. The van der Waals surface area contributed by atoms with Gasteiger partial charge in [-0.05, 0) is 91.4 Å². The minimum Gasteiger partial charge on any atom is -0.347 e. The van der Waals surface area contributed by atoms with Gasteiger partial charge in [0.2, 0.25) is 5.91 Å². The van der Waals surface area contributed by atoms with Crippen molar-refractivity contribution in [2.45, 2.75) is 119 Å². The number of ketones is 2. The van der Waals surface area contributed by atoms with Gasteiger partial charge in [-0.3, -0.25) is 14.4 Å². The molecule has 4 aliphatic carbocycles. The van der Waals surface area contributed by atoms with Gasteiger partial charge in [0.15, 0.2) is 11.6 Å². The fourth-order valence-corrected chi connectivity index (χ4v) is 9.21. The number of nitrogens with one attached hydrogen (secondary N) is 1. The smallest absolute Gasteiger partial charge is 0.347 e. The van der Waals surface area contributed by atoms with Gasteiger partial charge < -0.3 is 5.32 Å². The molecular weight excluding hydrogens is 553 g/mol. The molecule has 238 valence electrons. The molecule has 0 heterocycles. The Kier molecular flexibility index (Phi) is 8.70. The number of nitriles is 1. The summed E-state index contributed by atoms with van der Waals surface area (Å²) in [5.74, 6) is -1.04. The van der Waals surface area contributed by atoms with Gasteiger partial charge in [-0.15, -0.1) is 0 Å². The molecule has 2 saturated carbocycles. The Morgan fingerprint density at radius 3 is 2.28 bits per heavy atom. The van der Waals surface area contributed by atoms with Gasteiger partial charge in [0, 0.05) is 23.7 Å². The summed E-state index contributed by atoms with van der Waals surface area (Å²) in [4.78, 5) is 39.6. The number of carbonyl (C=O) groups is 3. The van der Waals surface area contributed by atoms with Crippen molar-refractivity contribution < 1.29 is 27.6 Å². The van der Waals surface area contributed by atoms with Crippen LogP contribution in [0.3, 0.4) is 0 Å². The molecule has 7 atom stereocenters. The van der Waals surface area contributed by atoms with Gasteiger partial charge in [-0.2, -0.15) is 18.4 Å². The summed E-state index contributed by atoms with van der Waals surface area (Å²) in [6, 6.07) is 2.13. The van der Waals surface area contributed by atoms with E-state index in [-0.39, 0.29) is 57.6 Å². The lowest BCUT2D eigenvalue weighted by Gasteiger charge is -2.64. The Balaban J connectivity index is 1.71. The molecule has 0 bridgehead atoms. The zero-order valence-corrected chi connectivity index (χ0v) is 27.0. The van der Waals surface area contributed by atoms with Crippen LogP contribution in [0, 0.1) is 56.2 Å². The molecule has 5 nitrogen and oxygen atoms in total. The van der Waals surface area contributed by atoms with E-state index < -0.39 is 29.5 Å². The van der Waals surface area contributed by atoms with E-state index in [1.165, 1.54) is 0 Å². The van der Waals surface area contributed by atoms with Crippen LogP contribution in [0.25, 0.3) is 0 Å². The largest absolute Gasteiger partial charge is 0.405 e.